The van der Waals surface area contributed by atoms with Crippen molar-refractivity contribution in [3.63, 3.8) is 0 Å². The Morgan fingerprint density at radius 2 is 2.10 bits per heavy atom. The lowest BCUT2D eigenvalue weighted by atomic mass is 10.4. The standard InChI is InChI=1S/C11H23N5O3S/c1-4-12-7-5-9-16(3)20(17,18)13-8-6-11-14-10(2)15-19-11/h12-13H,4-9H2,1-3H3. The first-order chi connectivity index (χ1) is 9.45. The third-order valence-electron chi connectivity index (χ3n) is 2.68. The summed E-state index contributed by atoms with van der Waals surface area (Å²) in [6.07, 6.45) is 1.15. The number of nitrogens with one attached hydrogen (secondary N) is 2. The molecule has 0 aliphatic rings. The van der Waals surface area contributed by atoms with Gasteiger partial charge < -0.3 is 9.84 Å². The fourth-order valence-corrected chi connectivity index (χ4v) is 2.51. The maximum Gasteiger partial charge on any atom is 0.279 e. The molecule has 0 amide bonds. The van der Waals surface area contributed by atoms with Crippen molar-refractivity contribution in [3.05, 3.63) is 11.7 Å². The molecule has 0 saturated carbocycles. The van der Waals surface area contributed by atoms with Crippen LogP contribution in [0.25, 0.3) is 0 Å². The average molecular weight is 305 g/mol. The Hall–Kier alpha value is -1.03. The molecule has 0 aliphatic heterocycles. The van der Waals surface area contributed by atoms with Gasteiger partial charge in [-0.1, -0.05) is 12.1 Å². The first-order valence-electron chi connectivity index (χ1n) is 6.66. The lowest BCUT2D eigenvalue weighted by Crippen LogP contribution is -2.40. The van der Waals surface area contributed by atoms with Gasteiger partial charge in [0.05, 0.1) is 0 Å². The van der Waals surface area contributed by atoms with Crippen LogP contribution in [0.2, 0.25) is 0 Å². The summed E-state index contributed by atoms with van der Waals surface area (Å²) in [5.41, 5.74) is 0. The summed E-state index contributed by atoms with van der Waals surface area (Å²) in [7, 11) is -1.88. The molecule has 0 spiro atoms. The van der Waals surface area contributed by atoms with Crippen molar-refractivity contribution >= 4 is 10.2 Å². The van der Waals surface area contributed by atoms with Gasteiger partial charge in [0.1, 0.15) is 0 Å². The zero-order valence-corrected chi connectivity index (χ0v) is 13.0. The van der Waals surface area contributed by atoms with E-state index in [9.17, 15) is 8.42 Å². The minimum absolute atomic E-state index is 0.238. The van der Waals surface area contributed by atoms with E-state index in [2.05, 4.69) is 20.2 Å². The monoisotopic (exact) mass is 305 g/mol. The van der Waals surface area contributed by atoms with Gasteiger partial charge in [0.2, 0.25) is 5.89 Å². The Bertz CT molecular complexity index is 488. The summed E-state index contributed by atoms with van der Waals surface area (Å²) in [4.78, 5) is 4.01. The lowest BCUT2D eigenvalue weighted by Gasteiger charge is -2.17. The number of aryl methyl sites for hydroxylation is 1. The van der Waals surface area contributed by atoms with Crippen LogP contribution in [0.1, 0.15) is 25.1 Å². The molecule has 0 atom stereocenters. The molecule has 0 fully saturated rings. The molecule has 9 heteroatoms. The highest BCUT2D eigenvalue weighted by atomic mass is 32.2. The highest BCUT2D eigenvalue weighted by Crippen LogP contribution is 1.98. The minimum Gasteiger partial charge on any atom is -0.339 e. The zero-order chi connectivity index (χ0) is 15.0. The third-order valence-corrected chi connectivity index (χ3v) is 4.25. The van der Waals surface area contributed by atoms with Crippen molar-refractivity contribution in [3.8, 4) is 0 Å². The topological polar surface area (TPSA) is 100 Å². The minimum atomic E-state index is -3.45. The molecular weight excluding hydrogens is 282 g/mol. The van der Waals surface area contributed by atoms with Crippen molar-refractivity contribution < 1.29 is 12.9 Å². The van der Waals surface area contributed by atoms with Gasteiger partial charge >= 0.3 is 0 Å². The summed E-state index contributed by atoms with van der Waals surface area (Å²) in [6.45, 7) is 6.13. The number of hydrogen-bond donors (Lipinski definition) is 2. The molecule has 2 N–H and O–H groups in total. The van der Waals surface area contributed by atoms with E-state index in [4.69, 9.17) is 4.52 Å². The Morgan fingerprint density at radius 3 is 2.70 bits per heavy atom. The largest absolute Gasteiger partial charge is 0.339 e. The number of rotatable bonds is 10. The van der Waals surface area contributed by atoms with E-state index in [-0.39, 0.29) is 6.54 Å². The van der Waals surface area contributed by atoms with Gasteiger partial charge in [-0.25, -0.2) is 4.72 Å². The predicted molar refractivity (Wildman–Crippen MR) is 75.5 cm³/mol. The van der Waals surface area contributed by atoms with Gasteiger partial charge in [-0.05, 0) is 26.4 Å². The van der Waals surface area contributed by atoms with Crippen molar-refractivity contribution in [2.75, 3.05) is 33.2 Å². The Morgan fingerprint density at radius 1 is 1.35 bits per heavy atom. The zero-order valence-electron chi connectivity index (χ0n) is 12.2. The van der Waals surface area contributed by atoms with Crippen LogP contribution in [-0.4, -0.2) is 56.1 Å². The Labute approximate surface area is 120 Å². The number of aromatic nitrogens is 2. The van der Waals surface area contributed by atoms with E-state index in [1.165, 1.54) is 4.31 Å². The molecule has 0 aliphatic carbocycles. The van der Waals surface area contributed by atoms with Gasteiger partial charge in [0.25, 0.3) is 10.2 Å². The fourth-order valence-electron chi connectivity index (χ4n) is 1.56. The van der Waals surface area contributed by atoms with E-state index < -0.39 is 10.2 Å². The molecular formula is C11H23N5O3S. The molecule has 0 unspecified atom stereocenters. The second kappa shape index (κ2) is 8.30. The van der Waals surface area contributed by atoms with Crippen LogP contribution >= 0.6 is 0 Å². The molecule has 116 valence electrons. The van der Waals surface area contributed by atoms with Crippen molar-refractivity contribution in [2.45, 2.75) is 26.7 Å². The predicted octanol–water partition coefficient (Wildman–Crippen LogP) is -0.314. The SMILES string of the molecule is CCNCCCN(C)S(=O)(=O)NCCc1nc(C)no1. The van der Waals surface area contributed by atoms with Crippen molar-refractivity contribution in [1.82, 2.24) is 24.5 Å². The van der Waals surface area contributed by atoms with Crippen LogP contribution in [0.5, 0.6) is 0 Å². The maximum absolute atomic E-state index is 11.9. The molecule has 0 bridgehead atoms. The second-order valence-electron chi connectivity index (χ2n) is 4.41. The molecule has 0 aromatic carbocycles. The van der Waals surface area contributed by atoms with E-state index in [1.54, 1.807) is 14.0 Å². The quantitative estimate of drug-likeness (QED) is 0.575. The molecule has 0 saturated heterocycles. The third kappa shape index (κ3) is 5.95. The summed E-state index contributed by atoms with van der Waals surface area (Å²) < 4.78 is 32.6. The fraction of sp³-hybridized carbons (Fsp3) is 0.818. The van der Waals surface area contributed by atoms with E-state index in [0.29, 0.717) is 24.7 Å². The number of nitrogens with zero attached hydrogens (tertiary/aromatic N) is 3. The van der Waals surface area contributed by atoms with Crippen molar-refractivity contribution in [2.24, 2.45) is 0 Å². The highest BCUT2D eigenvalue weighted by Gasteiger charge is 2.16. The van der Waals surface area contributed by atoms with E-state index in [1.807, 2.05) is 6.92 Å². The summed E-state index contributed by atoms with van der Waals surface area (Å²) in [5.74, 6) is 0.975. The molecule has 20 heavy (non-hydrogen) atoms. The van der Waals surface area contributed by atoms with Gasteiger partial charge in [-0.2, -0.15) is 17.7 Å². The first-order valence-corrected chi connectivity index (χ1v) is 8.10. The van der Waals surface area contributed by atoms with Crippen LogP contribution < -0.4 is 10.0 Å². The first kappa shape index (κ1) is 17.0. The molecule has 1 heterocycles. The Balaban J connectivity index is 2.29. The lowest BCUT2D eigenvalue weighted by molar-refractivity contribution is 0.374. The average Bonchev–Trinajstić information content (AvgIpc) is 2.80. The van der Waals surface area contributed by atoms with Crippen LogP contribution in [0.3, 0.4) is 0 Å². The Kier molecular flexibility index (Phi) is 7.06. The summed E-state index contributed by atoms with van der Waals surface area (Å²) in [6, 6.07) is 0. The number of hydrogen-bond acceptors (Lipinski definition) is 6. The molecule has 0 radical (unpaired) electrons. The maximum atomic E-state index is 11.9. The van der Waals surface area contributed by atoms with Crippen LogP contribution in [0.15, 0.2) is 4.52 Å². The van der Waals surface area contributed by atoms with Crippen LogP contribution in [0.4, 0.5) is 0 Å². The highest BCUT2D eigenvalue weighted by molar-refractivity contribution is 7.87. The van der Waals surface area contributed by atoms with Gasteiger partial charge in [-0.15, -0.1) is 0 Å². The molecule has 8 nitrogen and oxygen atoms in total. The molecule has 1 rings (SSSR count). The van der Waals surface area contributed by atoms with E-state index >= 15 is 0 Å². The van der Waals surface area contributed by atoms with Gasteiger partial charge in [0.15, 0.2) is 5.82 Å². The smallest absolute Gasteiger partial charge is 0.279 e. The van der Waals surface area contributed by atoms with E-state index in [0.717, 1.165) is 19.5 Å². The summed E-state index contributed by atoms with van der Waals surface area (Å²) in [5, 5.41) is 6.80. The summed E-state index contributed by atoms with van der Waals surface area (Å²) >= 11 is 0. The molecule has 1 aromatic rings. The van der Waals surface area contributed by atoms with Crippen LogP contribution in [0, 0.1) is 6.92 Å². The van der Waals surface area contributed by atoms with Crippen molar-refractivity contribution in [1.29, 1.82) is 0 Å². The second-order valence-corrected chi connectivity index (χ2v) is 6.28. The molecule has 1 aromatic heterocycles. The van der Waals surface area contributed by atoms with Crippen LogP contribution in [-0.2, 0) is 16.6 Å². The van der Waals surface area contributed by atoms with Gasteiger partial charge in [-0.3, -0.25) is 0 Å². The normalized spacial score (nSPS) is 12.2. The van der Waals surface area contributed by atoms with Gasteiger partial charge in [0, 0.05) is 26.6 Å².